The van der Waals surface area contributed by atoms with Gasteiger partial charge in [0.1, 0.15) is 0 Å². The number of anilines is 2. The molecule has 0 aliphatic carbocycles. The molecule has 2 N–H and O–H groups in total. The summed E-state index contributed by atoms with van der Waals surface area (Å²) in [6.45, 7) is 5.99. The quantitative estimate of drug-likeness (QED) is 0.439. The van der Waals surface area contributed by atoms with Crippen molar-refractivity contribution >= 4 is 35.0 Å². The van der Waals surface area contributed by atoms with Gasteiger partial charge in [-0.05, 0) is 55.2 Å². The molecule has 4 nitrogen and oxygen atoms in total. The predicted molar refractivity (Wildman–Crippen MR) is 130 cm³/mol. The van der Waals surface area contributed by atoms with E-state index in [-0.39, 0.29) is 17.1 Å². The van der Waals surface area contributed by atoms with Gasteiger partial charge < -0.3 is 10.6 Å². The van der Waals surface area contributed by atoms with Crippen LogP contribution in [0.2, 0.25) is 0 Å². The maximum absolute atomic E-state index is 12.8. The summed E-state index contributed by atoms with van der Waals surface area (Å²) in [5.74, 6) is -0.0988. The lowest BCUT2D eigenvalue weighted by Crippen LogP contribution is -2.23. The molecule has 0 radical (unpaired) electrons. The number of aryl methyl sites for hydroxylation is 2. The summed E-state index contributed by atoms with van der Waals surface area (Å²) in [6, 6.07) is 23.3. The molecule has 0 saturated heterocycles. The minimum Gasteiger partial charge on any atom is -0.326 e. The van der Waals surface area contributed by atoms with E-state index in [0.717, 1.165) is 39.4 Å². The van der Waals surface area contributed by atoms with Crippen LogP contribution in [0.3, 0.4) is 0 Å². The molecule has 0 saturated carbocycles. The minimum absolute atomic E-state index is 0.0347. The SMILES string of the molecule is CCc1cccc(C)c1NC(=O)C(C)Sc1cccc(NC(=O)Cc2ccccc2)c1. The normalized spacial score (nSPS) is 11.6. The first kappa shape index (κ1) is 22.6. The van der Waals surface area contributed by atoms with Gasteiger partial charge in [0.2, 0.25) is 11.8 Å². The molecular weight excluding hydrogens is 404 g/mol. The maximum Gasteiger partial charge on any atom is 0.237 e. The van der Waals surface area contributed by atoms with Gasteiger partial charge in [-0.25, -0.2) is 0 Å². The van der Waals surface area contributed by atoms with Crippen LogP contribution in [0.25, 0.3) is 0 Å². The molecule has 0 aliphatic heterocycles. The smallest absolute Gasteiger partial charge is 0.237 e. The monoisotopic (exact) mass is 432 g/mol. The topological polar surface area (TPSA) is 58.2 Å². The van der Waals surface area contributed by atoms with E-state index in [2.05, 4.69) is 17.6 Å². The molecule has 0 spiro atoms. The molecule has 2 amide bonds. The number of hydrogen-bond donors (Lipinski definition) is 2. The third-order valence-corrected chi connectivity index (χ3v) is 6.09. The summed E-state index contributed by atoms with van der Waals surface area (Å²) < 4.78 is 0. The van der Waals surface area contributed by atoms with Gasteiger partial charge in [-0.3, -0.25) is 9.59 Å². The highest BCUT2D eigenvalue weighted by atomic mass is 32.2. The van der Waals surface area contributed by atoms with Crippen molar-refractivity contribution < 1.29 is 9.59 Å². The molecule has 0 bridgehead atoms. The average molecular weight is 433 g/mol. The van der Waals surface area contributed by atoms with Crippen molar-refractivity contribution in [3.05, 3.63) is 89.5 Å². The summed E-state index contributed by atoms with van der Waals surface area (Å²) in [4.78, 5) is 26.1. The van der Waals surface area contributed by atoms with Crippen LogP contribution in [0.4, 0.5) is 11.4 Å². The summed E-state index contributed by atoms with van der Waals surface area (Å²) in [5.41, 5.74) is 4.80. The van der Waals surface area contributed by atoms with E-state index >= 15 is 0 Å². The molecule has 3 rings (SSSR count). The third kappa shape index (κ3) is 6.46. The number of amides is 2. The molecule has 3 aromatic carbocycles. The van der Waals surface area contributed by atoms with E-state index in [4.69, 9.17) is 0 Å². The first-order valence-corrected chi connectivity index (χ1v) is 11.3. The van der Waals surface area contributed by atoms with Crippen molar-refractivity contribution in [3.63, 3.8) is 0 Å². The fourth-order valence-corrected chi connectivity index (χ4v) is 4.24. The number of para-hydroxylation sites is 1. The third-order valence-electron chi connectivity index (χ3n) is 5.00. The number of carbonyl (C=O) groups excluding carboxylic acids is 2. The van der Waals surface area contributed by atoms with Crippen molar-refractivity contribution in [3.8, 4) is 0 Å². The summed E-state index contributed by atoms with van der Waals surface area (Å²) >= 11 is 1.47. The van der Waals surface area contributed by atoms with Gasteiger partial charge in [-0.1, -0.05) is 61.5 Å². The Bertz CT molecular complexity index is 1050. The minimum atomic E-state index is -0.278. The zero-order chi connectivity index (χ0) is 22.2. The first-order chi connectivity index (χ1) is 15.0. The largest absolute Gasteiger partial charge is 0.326 e. The Kier molecular flexibility index (Phi) is 7.90. The molecule has 160 valence electrons. The van der Waals surface area contributed by atoms with Gasteiger partial charge in [0, 0.05) is 16.3 Å². The Morgan fingerprint density at radius 3 is 2.42 bits per heavy atom. The first-order valence-electron chi connectivity index (χ1n) is 10.5. The lowest BCUT2D eigenvalue weighted by molar-refractivity contribution is -0.116. The van der Waals surface area contributed by atoms with E-state index < -0.39 is 0 Å². The Morgan fingerprint density at radius 1 is 0.935 bits per heavy atom. The number of thioether (sulfide) groups is 1. The molecule has 31 heavy (non-hydrogen) atoms. The van der Waals surface area contributed by atoms with Gasteiger partial charge in [-0.15, -0.1) is 11.8 Å². The Balaban J connectivity index is 1.61. The Morgan fingerprint density at radius 2 is 1.68 bits per heavy atom. The van der Waals surface area contributed by atoms with Crippen LogP contribution < -0.4 is 10.6 Å². The van der Waals surface area contributed by atoms with E-state index in [1.807, 2.05) is 86.6 Å². The standard InChI is InChI=1S/C26H28N2O2S/c1-4-21-13-8-10-18(2)25(21)28-26(30)19(3)31-23-15-9-14-22(17-23)27-24(29)16-20-11-6-5-7-12-20/h5-15,17,19H,4,16H2,1-3H3,(H,27,29)(H,28,30). The molecule has 0 fully saturated rings. The van der Waals surface area contributed by atoms with Crippen LogP contribution in [0.1, 0.15) is 30.5 Å². The molecule has 5 heteroatoms. The van der Waals surface area contributed by atoms with Crippen LogP contribution >= 0.6 is 11.8 Å². The average Bonchev–Trinajstić information content (AvgIpc) is 2.76. The maximum atomic E-state index is 12.8. The molecule has 0 aliphatic rings. The molecule has 0 heterocycles. The van der Waals surface area contributed by atoms with Gasteiger partial charge in [0.15, 0.2) is 0 Å². The highest BCUT2D eigenvalue weighted by Gasteiger charge is 2.17. The van der Waals surface area contributed by atoms with Crippen LogP contribution in [0.15, 0.2) is 77.7 Å². The molecule has 1 atom stereocenters. The predicted octanol–water partition coefficient (Wildman–Crippen LogP) is 5.86. The lowest BCUT2D eigenvalue weighted by atomic mass is 10.1. The summed E-state index contributed by atoms with van der Waals surface area (Å²) in [7, 11) is 0. The summed E-state index contributed by atoms with van der Waals surface area (Å²) in [5, 5.41) is 5.76. The van der Waals surface area contributed by atoms with Crippen LogP contribution in [-0.2, 0) is 22.4 Å². The van der Waals surface area contributed by atoms with Crippen molar-refractivity contribution in [1.82, 2.24) is 0 Å². The number of carbonyl (C=O) groups is 2. The zero-order valence-corrected chi connectivity index (χ0v) is 19.0. The fourth-order valence-electron chi connectivity index (χ4n) is 3.32. The van der Waals surface area contributed by atoms with Crippen LogP contribution in [0, 0.1) is 6.92 Å². The summed E-state index contributed by atoms with van der Waals surface area (Å²) in [6.07, 6.45) is 1.19. The van der Waals surface area contributed by atoms with Gasteiger partial charge >= 0.3 is 0 Å². The molecule has 0 aromatic heterocycles. The van der Waals surface area contributed by atoms with Crippen molar-refractivity contribution in [2.45, 2.75) is 43.8 Å². The molecular formula is C26H28N2O2S. The number of hydrogen-bond acceptors (Lipinski definition) is 3. The van der Waals surface area contributed by atoms with E-state index in [1.165, 1.54) is 11.8 Å². The zero-order valence-electron chi connectivity index (χ0n) is 18.1. The lowest BCUT2D eigenvalue weighted by Gasteiger charge is -2.16. The van der Waals surface area contributed by atoms with E-state index in [9.17, 15) is 9.59 Å². The van der Waals surface area contributed by atoms with Crippen LogP contribution in [-0.4, -0.2) is 17.1 Å². The molecule has 3 aromatic rings. The van der Waals surface area contributed by atoms with E-state index in [0.29, 0.717) is 6.42 Å². The van der Waals surface area contributed by atoms with Crippen LogP contribution in [0.5, 0.6) is 0 Å². The highest BCUT2D eigenvalue weighted by Crippen LogP contribution is 2.28. The number of rotatable bonds is 8. The van der Waals surface area contributed by atoms with Crippen molar-refractivity contribution in [2.75, 3.05) is 10.6 Å². The Hall–Kier alpha value is -3.05. The Labute approximate surface area is 188 Å². The second-order valence-corrected chi connectivity index (χ2v) is 8.86. The van der Waals surface area contributed by atoms with Crippen molar-refractivity contribution in [2.24, 2.45) is 0 Å². The number of benzene rings is 3. The van der Waals surface area contributed by atoms with Crippen molar-refractivity contribution in [1.29, 1.82) is 0 Å². The van der Waals surface area contributed by atoms with Gasteiger partial charge in [0.25, 0.3) is 0 Å². The highest BCUT2D eigenvalue weighted by molar-refractivity contribution is 8.00. The fraction of sp³-hybridized carbons (Fsp3) is 0.231. The molecule has 1 unspecified atom stereocenters. The van der Waals surface area contributed by atoms with Gasteiger partial charge in [-0.2, -0.15) is 0 Å². The number of nitrogens with one attached hydrogen (secondary N) is 2. The van der Waals surface area contributed by atoms with E-state index in [1.54, 1.807) is 0 Å². The second-order valence-electron chi connectivity index (χ2n) is 7.45. The second kappa shape index (κ2) is 10.8. The van der Waals surface area contributed by atoms with Gasteiger partial charge in [0.05, 0.1) is 11.7 Å².